The summed E-state index contributed by atoms with van der Waals surface area (Å²) in [4.78, 5) is 28.5. The second kappa shape index (κ2) is 13.5. The zero-order valence-electron chi connectivity index (χ0n) is 24.0. The number of carbonyl (C=O) groups is 2. The van der Waals surface area contributed by atoms with Gasteiger partial charge in [0.15, 0.2) is 0 Å². The lowest BCUT2D eigenvalue weighted by Gasteiger charge is -2.32. The molecule has 9 heteroatoms. The number of ether oxygens (including phenoxy) is 1. The molecule has 0 aliphatic carbocycles. The Morgan fingerprint density at radius 3 is 2.12 bits per heavy atom. The van der Waals surface area contributed by atoms with Crippen molar-refractivity contribution >= 4 is 27.5 Å². The first-order valence-electron chi connectivity index (χ1n) is 13.4. The van der Waals surface area contributed by atoms with Crippen LogP contribution in [0.25, 0.3) is 0 Å². The van der Waals surface area contributed by atoms with Crippen molar-refractivity contribution in [2.75, 3.05) is 17.5 Å². The van der Waals surface area contributed by atoms with E-state index in [2.05, 4.69) is 5.32 Å². The fraction of sp³-hybridized carbons (Fsp3) is 0.355. The molecule has 214 valence electrons. The molecule has 0 aliphatic rings. The van der Waals surface area contributed by atoms with Crippen molar-refractivity contribution in [1.29, 1.82) is 0 Å². The number of aryl methyl sites for hydroxylation is 2. The number of nitrogens with zero attached hydrogens (tertiary/aromatic N) is 2. The molecule has 3 rings (SSSR count). The Hall–Kier alpha value is -3.85. The molecule has 40 heavy (non-hydrogen) atoms. The quantitative estimate of drug-likeness (QED) is 0.339. The molecule has 3 aromatic rings. The number of rotatable bonds is 12. The van der Waals surface area contributed by atoms with Crippen molar-refractivity contribution in [3.8, 4) is 5.75 Å². The van der Waals surface area contributed by atoms with Gasteiger partial charge in [-0.1, -0.05) is 47.5 Å². The van der Waals surface area contributed by atoms with Gasteiger partial charge >= 0.3 is 0 Å². The van der Waals surface area contributed by atoms with Gasteiger partial charge in [0.25, 0.3) is 10.0 Å². The Bertz CT molecular complexity index is 1400. The minimum absolute atomic E-state index is 0.0654. The van der Waals surface area contributed by atoms with Crippen LogP contribution in [0.2, 0.25) is 0 Å². The van der Waals surface area contributed by atoms with Crippen molar-refractivity contribution in [2.45, 2.75) is 65.1 Å². The van der Waals surface area contributed by atoms with E-state index < -0.39 is 28.5 Å². The number of amides is 2. The van der Waals surface area contributed by atoms with Gasteiger partial charge in [-0.2, -0.15) is 0 Å². The van der Waals surface area contributed by atoms with E-state index in [0.29, 0.717) is 18.0 Å². The minimum Gasteiger partial charge on any atom is -0.494 e. The van der Waals surface area contributed by atoms with Crippen molar-refractivity contribution in [3.05, 3.63) is 89.5 Å². The largest absolute Gasteiger partial charge is 0.494 e. The van der Waals surface area contributed by atoms with Crippen LogP contribution in [0.5, 0.6) is 5.75 Å². The maximum Gasteiger partial charge on any atom is 0.264 e. The van der Waals surface area contributed by atoms with Crippen LogP contribution < -0.4 is 14.4 Å². The fourth-order valence-electron chi connectivity index (χ4n) is 4.24. The summed E-state index contributed by atoms with van der Waals surface area (Å²) in [6.45, 7) is 11.2. The maximum absolute atomic E-state index is 14.0. The smallest absolute Gasteiger partial charge is 0.264 e. The average molecular weight is 566 g/mol. The predicted octanol–water partition coefficient (Wildman–Crippen LogP) is 4.84. The van der Waals surface area contributed by atoms with Crippen LogP contribution in [-0.4, -0.2) is 50.4 Å². The second-order valence-electron chi connectivity index (χ2n) is 10.1. The molecule has 3 aromatic carbocycles. The maximum atomic E-state index is 14.0. The monoisotopic (exact) mass is 565 g/mol. The molecule has 0 saturated carbocycles. The molecular weight excluding hydrogens is 526 g/mol. The summed E-state index contributed by atoms with van der Waals surface area (Å²) >= 11 is 0. The second-order valence-corrected chi connectivity index (χ2v) is 12.0. The first-order valence-corrected chi connectivity index (χ1v) is 14.8. The molecule has 0 radical (unpaired) electrons. The molecule has 0 heterocycles. The van der Waals surface area contributed by atoms with Gasteiger partial charge in [-0.25, -0.2) is 8.42 Å². The minimum atomic E-state index is -4.12. The number of anilines is 1. The van der Waals surface area contributed by atoms with Gasteiger partial charge in [-0.3, -0.25) is 13.9 Å². The summed E-state index contributed by atoms with van der Waals surface area (Å²) in [6.07, 6.45) is 0. The summed E-state index contributed by atoms with van der Waals surface area (Å²) in [5, 5.41) is 2.86. The third-order valence-corrected chi connectivity index (χ3v) is 8.15. The lowest BCUT2D eigenvalue weighted by Crippen LogP contribution is -2.52. The first kappa shape index (κ1) is 30.7. The number of sulfonamides is 1. The number of nitrogens with one attached hydrogen (secondary N) is 1. The summed E-state index contributed by atoms with van der Waals surface area (Å²) in [5.74, 6) is -0.229. The molecule has 1 atom stereocenters. The fourth-order valence-corrected chi connectivity index (χ4v) is 5.65. The van der Waals surface area contributed by atoms with E-state index in [0.717, 1.165) is 21.0 Å². The number of carbonyl (C=O) groups excluding carboxylic acids is 2. The first-order chi connectivity index (χ1) is 18.9. The third-order valence-electron chi connectivity index (χ3n) is 6.36. The van der Waals surface area contributed by atoms with E-state index in [1.807, 2.05) is 58.9 Å². The number of hydrogen-bond donors (Lipinski definition) is 1. The molecule has 0 unspecified atom stereocenters. The van der Waals surface area contributed by atoms with E-state index >= 15 is 0 Å². The number of benzene rings is 3. The van der Waals surface area contributed by atoms with Gasteiger partial charge < -0.3 is 15.0 Å². The molecule has 0 fully saturated rings. The van der Waals surface area contributed by atoms with Gasteiger partial charge in [-0.05, 0) is 83.5 Å². The summed E-state index contributed by atoms with van der Waals surface area (Å²) in [6, 6.07) is 19.8. The van der Waals surface area contributed by atoms with Crippen LogP contribution in [0.15, 0.2) is 77.7 Å². The zero-order chi connectivity index (χ0) is 29.4. The SMILES string of the molecule is CCOc1ccc(N(CC(=O)N(Cc2cccc(C)c2)[C@@H](C)C(=O)NC(C)C)S(=O)(=O)c2ccc(C)cc2)cc1. The van der Waals surface area contributed by atoms with Crippen molar-refractivity contribution < 1.29 is 22.7 Å². The Kier molecular flexibility index (Phi) is 10.3. The van der Waals surface area contributed by atoms with Gasteiger partial charge in [0.1, 0.15) is 18.3 Å². The van der Waals surface area contributed by atoms with E-state index in [1.54, 1.807) is 43.3 Å². The molecular formula is C31H39N3O5S. The van der Waals surface area contributed by atoms with E-state index in [1.165, 1.54) is 17.0 Å². The highest BCUT2D eigenvalue weighted by Crippen LogP contribution is 2.27. The van der Waals surface area contributed by atoms with Crippen LogP contribution in [-0.2, 0) is 26.2 Å². The Balaban J connectivity index is 2.03. The Morgan fingerprint density at radius 1 is 0.900 bits per heavy atom. The van der Waals surface area contributed by atoms with Crippen LogP contribution in [0.3, 0.4) is 0 Å². The predicted molar refractivity (Wildman–Crippen MR) is 158 cm³/mol. The highest BCUT2D eigenvalue weighted by atomic mass is 32.2. The highest BCUT2D eigenvalue weighted by molar-refractivity contribution is 7.92. The topological polar surface area (TPSA) is 96.0 Å². The molecule has 1 N–H and O–H groups in total. The molecule has 8 nitrogen and oxygen atoms in total. The van der Waals surface area contributed by atoms with E-state index in [4.69, 9.17) is 4.74 Å². The zero-order valence-corrected chi connectivity index (χ0v) is 24.9. The van der Waals surface area contributed by atoms with Gasteiger partial charge in [0, 0.05) is 12.6 Å². The summed E-state index contributed by atoms with van der Waals surface area (Å²) in [7, 11) is -4.12. The molecule has 0 aliphatic heterocycles. The van der Waals surface area contributed by atoms with Gasteiger partial charge in [0.05, 0.1) is 17.2 Å². The lowest BCUT2D eigenvalue weighted by molar-refractivity contribution is -0.139. The molecule has 0 bridgehead atoms. The molecule has 0 saturated heterocycles. The Labute approximate surface area is 238 Å². The van der Waals surface area contributed by atoms with Crippen molar-refractivity contribution in [2.24, 2.45) is 0 Å². The van der Waals surface area contributed by atoms with E-state index in [9.17, 15) is 18.0 Å². The number of hydrogen-bond acceptors (Lipinski definition) is 5. The van der Waals surface area contributed by atoms with Crippen LogP contribution in [0, 0.1) is 13.8 Å². The molecule has 0 spiro atoms. The molecule has 2 amide bonds. The summed E-state index contributed by atoms with van der Waals surface area (Å²) in [5.41, 5.74) is 3.08. The van der Waals surface area contributed by atoms with E-state index in [-0.39, 0.29) is 23.4 Å². The lowest BCUT2D eigenvalue weighted by atomic mass is 10.1. The third kappa shape index (κ3) is 7.85. The summed E-state index contributed by atoms with van der Waals surface area (Å²) < 4.78 is 34.4. The van der Waals surface area contributed by atoms with Crippen LogP contribution in [0.4, 0.5) is 5.69 Å². The highest BCUT2D eigenvalue weighted by Gasteiger charge is 2.32. The van der Waals surface area contributed by atoms with Crippen molar-refractivity contribution in [1.82, 2.24) is 10.2 Å². The van der Waals surface area contributed by atoms with Crippen LogP contribution >= 0.6 is 0 Å². The normalized spacial score (nSPS) is 12.1. The van der Waals surface area contributed by atoms with Crippen LogP contribution in [0.1, 0.15) is 44.4 Å². The standard InChI is InChI=1S/C31H39N3O5S/c1-7-39-28-15-13-27(14-16-28)34(40(37,38)29-17-11-23(4)12-18-29)21-30(35)33(25(6)31(36)32-22(2)3)20-26-10-8-9-24(5)19-26/h8-19,22,25H,7,20-21H2,1-6H3,(H,32,36)/t25-/m0/s1. The van der Waals surface area contributed by atoms with Gasteiger partial charge in [-0.15, -0.1) is 0 Å². The van der Waals surface area contributed by atoms with Gasteiger partial charge in [0.2, 0.25) is 11.8 Å². The van der Waals surface area contributed by atoms with Crippen molar-refractivity contribution in [3.63, 3.8) is 0 Å². The Morgan fingerprint density at radius 2 is 1.55 bits per heavy atom. The average Bonchev–Trinajstić information content (AvgIpc) is 2.90. The molecule has 0 aromatic heterocycles.